The highest BCUT2D eigenvalue weighted by atomic mass is 19.1. The normalized spacial score (nSPS) is 17.2. The zero-order chi connectivity index (χ0) is 11.5. The lowest BCUT2D eigenvalue weighted by molar-refractivity contribution is 0.161. The Morgan fingerprint density at radius 2 is 2.25 bits per heavy atom. The van der Waals surface area contributed by atoms with Crippen molar-refractivity contribution in [2.24, 2.45) is 5.92 Å². The molecule has 1 aromatic carbocycles. The first kappa shape index (κ1) is 11.4. The van der Waals surface area contributed by atoms with Crippen molar-refractivity contribution < 1.29 is 14.2 Å². The Balaban J connectivity index is 1.98. The number of halogens is 1. The van der Waals surface area contributed by atoms with Gasteiger partial charge in [-0.15, -0.1) is 0 Å². The SMILES string of the molecule is COc1ccc(C(O)CCC2CC2)cc1F. The van der Waals surface area contributed by atoms with Crippen molar-refractivity contribution in [3.05, 3.63) is 29.6 Å². The standard InChI is InChI=1S/C13H17FO2/c1-16-13-7-5-10(8-11(13)14)12(15)6-4-9-2-3-9/h5,7-9,12,15H,2-4,6H2,1H3. The molecule has 0 heterocycles. The quantitative estimate of drug-likeness (QED) is 0.833. The molecule has 0 aromatic heterocycles. The number of ether oxygens (including phenoxy) is 1. The second kappa shape index (κ2) is 4.83. The van der Waals surface area contributed by atoms with Crippen LogP contribution in [0.25, 0.3) is 0 Å². The number of hydrogen-bond donors (Lipinski definition) is 1. The molecule has 0 amide bonds. The summed E-state index contributed by atoms with van der Waals surface area (Å²) in [6, 6.07) is 4.64. The van der Waals surface area contributed by atoms with Crippen LogP contribution in [0.4, 0.5) is 4.39 Å². The summed E-state index contributed by atoms with van der Waals surface area (Å²) in [5, 5.41) is 9.88. The molecular weight excluding hydrogens is 207 g/mol. The second-order valence-electron chi connectivity index (χ2n) is 4.43. The molecule has 1 fully saturated rings. The molecular formula is C13H17FO2. The molecule has 0 saturated heterocycles. The van der Waals surface area contributed by atoms with Gasteiger partial charge < -0.3 is 9.84 Å². The Labute approximate surface area is 95.1 Å². The lowest BCUT2D eigenvalue weighted by Gasteiger charge is -2.11. The Morgan fingerprint density at radius 3 is 2.81 bits per heavy atom. The largest absolute Gasteiger partial charge is 0.494 e. The lowest BCUT2D eigenvalue weighted by Crippen LogP contribution is -1.99. The molecule has 0 spiro atoms. The van der Waals surface area contributed by atoms with E-state index in [9.17, 15) is 9.50 Å². The van der Waals surface area contributed by atoms with Crippen molar-refractivity contribution in [3.63, 3.8) is 0 Å². The van der Waals surface area contributed by atoms with Gasteiger partial charge in [0.2, 0.25) is 0 Å². The zero-order valence-electron chi connectivity index (χ0n) is 9.45. The Kier molecular flexibility index (Phi) is 3.44. The molecule has 1 aromatic rings. The first-order chi connectivity index (χ1) is 7.70. The second-order valence-corrected chi connectivity index (χ2v) is 4.43. The fraction of sp³-hybridized carbons (Fsp3) is 0.538. The molecule has 0 aliphatic heterocycles. The molecule has 88 valence electrons. The summed E-state index contributed by atoms with van der Waals surface area (Å²) in [5.41, 5.74) is 0.638. The third-order valence-electron chi connectivity index (χ3n) is 3.11. The van der Waals surface area contributed by atoms with E-state index < -0.39 is 11.9 Å². The van der Waals surface area contributed by atoms with Crippen LogP contribution in [0.3, 0.4) is 0 Å². The maximum absolute atomic E-state index is 13.4. The first-order valence-electron chi connectivity index (χ1n) is 5.72. The van der Waals surface area contributed by atoms with E-state index in [4.69, 9.17) is 4.74 Å². The zero-order valence-corrected chi connectivity index (χ0v) is 9.45. The van der Waals surface area contributed by atoms with Crippen molar-refractivity contribution in [1.29, 1.82) is 0 Å². The molecule has 1 aliphatic rings. The van der Waals surface area contributed by atoms with Crippen molar-refractivity contribution in [1.82, 2.24) is 0 Å². The van der Waals surface area contributed by atoms with Crippen molar-refractivity contribution in [2.75, 3.05) is 7.11 Å². The minimum absolute atomic E-state index is 0.221. The summed E-state index contributed by atoms with van der Waals surface area (Å²) < 4.78 is 18.2. The molecule has 1 atom stereocenters. The maximum Gasteiger partial charge on any atom is 0.165 e. The Hall–Kier alpha value is -1.09. The van der Waals surface area contributed by atoms with Gasteiger partial charge in [0.05, 0.1) is 13.2 Å². The number of benzene rings is 1. The molecule has 1 unspecified atom stereocenters. The predicted octanol–water partition coefficient (Wildman–Crippen LogP) is 3.06. The minimum Gasteiger partial charge on any atom is -0.494 e. The van der Waals surface area contributed by atoms with Crippen LogP contribution in [-0.4, -0.2) is 12.2 Å². The van der Waals surface area contributed by atoms with Gasteiger partial charge in [0.25, 0.3) is 0 Å². The summed E-state index contributed by atoms with van der Waals surface area (Å²) in [5.74, 6) is 0.598. The van der Waals surface area contributed by atoms with Crippen LogP contribution in [-0.2, 0) is 0 Å². The summed E-state index contributed by atoms with van der Waals surface area (Å²) in [7, 11) is 1.43. The molecule has 1 aliphatic carbocycles. The number of hydrogen-bond acceptors (Lipinski definition) is 2. The molecule has 2 nitrogen and oxygen atoms in total. The van der Waals surface area contributed by atoms with Crippen LogP contribution in [0.2, 0.25) is 0 Å². The van der Waals surface area contributed by atoms with Gasteiger partial charge in [-0.2, -0.15) is 0 Å². The lowest BCUT2D eigenvalue weighted by atomic mass is 10.0. The average Bonchev–Trinajstić information content (AvgIpc) is 3.09. The predicted molar refractivity (Wildman–Crippen MR) is 59.9 cm³/mol. The molecule has 2 rings (SSSR count). The van der Waals surface area contributed by atoms with E-state index in [0.29, 0.717) is 5.56 Å². The Bertz CT molecular complexity index is 361. The van der Waals surface area contributed by atoms with Crippen LogP contribution in [0.1, 0.15) is 37.4 Å². The molecule has 0 radical (unpaired) electrons. The van der Waals surface area contributed by atoms with Gasteiger partial charge in [-0.05, 0) is 36.5 Å². The third kappa shape index (κ3) is 2.73. The van der Waals surface area contributed by atoms with E-state index in [1.54, 1.807) is 12.1 Å². The molecule has 1 N–H and O–H groups in total. The topological polar surface area (TPSA) is 29.5 Å². The average molecular weight is 224 g/mol. The molecule has 1 saturated carbocycles. The van der Waals surface area contributed by atoms with Crippen molar-refractivity contribution >= 4 is 0 Å². The Morgan fingerprint density at radius 1 is 1.50 bits per heavy atom. The number of methoxy groups -OCH3 is 1. The van der Waals surface area contributed by atoms with Gasteiger partial charge in [-0.1, -0.05) is 18.9 Å². The number of aliphatic hydroxyl groups is 1. The van der Waals surface area contributed by atoms with E-state index in [0.717, 1.165) is 18.8 Å². The highest BCUT2D eigenvalue weighted by molar-refractivity contribution is 5.30. The van der Waals surface area contributed by atoms with Crippen LogP contribution in [0, 0.1) is 11.7 Å². The van der Waals surface area contributed by atoms with E-state index in [-0.39, 0.29) is 5.75 Å². The molecule has 0 bridgehead atoms. The number of aliphatic hydroxyl groups excluding tert-OH is 1. The van der Waals surface area contributed by atoms with Crippen LogP contribution in [0.5, 0.6) is 5.75 Å². The summed E-state index contributed by atoms with van der Waals surface area (Å²) in [6.07, 6.45) is 3.76. The molecule has 3 heteroatoms. The maximum atomic E-state index is 13.4. The van der Waals surface area contributed by atoms with Gasteiger partial charge in [0.1, 0.15) is 0 Å². The minimum atomic E-state index is -0.555. The van der Waals surface area contributed by atoms with E-state index in [1.807, 2.05) is 0 Å². The van der Waals surface area contributed by atoms with Crippen LogP contribution >= 0.6 is 0 Å². The summed E-state index contributed by atoms with van der Waals surface area (Å²) in [6.45, 7) is 0. The van der Waals surface area contributed by atoms with Gasteiger partial charge in [0, 0.05) is 0 Å². The van der Waals surface area contributed by atoms with Gasteiger partial charge in [-0.3, -0.25) is 0 Å². The highest BCUT2D eigenvalue weighted by Crippen LogP contribution is 2.36. The number of rotatable bonds is 5. The summed E-state index contributed by atoms with van der Waals surface area (Å²) >= 11 is 0. The van der Waals surface area contributed by atoms with Gasteiger partial charge in [-0.25, -0.2) is 4.39 Å². The highest BCUT2D eigenvalue weighted by Gasteiger charge is 2.22. The van der Waals surface area contributed by atoms with E-state index >= 15 is 0 Å². The molecule has 16 heavy (non-hydrogen) atoms. The monoisotopic (exact) mass is 224 g/mol. The van der Waals surface area contributed by atoms with Crippen LogP contribution < -0.4 is 4.74 Å². The smallest absolute Gasteiger partial charge is 0.165 e. The van der Waals surface area contributed by atoms with Crippen molar-refractivity contribution in [3.8, 4) is 5.75 Å². The van der Waals surface area contributed by atoms with Gasteiger partial charge >= 0.3 is 0 Å². The third-order valence-corrected chi connectivity index (χ3v) is 3.11. The summed E-state index contributed by atoms with van der Waals surface area (Å²) in [4.78, 5) is 0. The van der Waals surface area contributed by atoms with Gasteiger partial charge in [0.15, 0.2) is 11.6 Å². The van der Waals surface area contributed by atoms with Crippen LogP contribution in [0.15, 0.2) is 18.2 Å². The fourth-order valence-electron chi connectivity index (χ4n) is 1.86. The van der Waals surface area contributed by atoms with Crippen molar-refractivity contribution in [2.45, 2.75) is 31.8 Å². The van der Waals surface area contributed by atoms with E-state index in [1.165, 1.54) is 26.0 Å². The van der Waals surface area contributed by atoms with E-state index in [2.05, 4.69) is 0 Å². The fourth-order valence-corrected chi connectivity index (χ4v) is 1.86. The first-order valence-corrected chi connectivity index (χ1v) is 5.72.